The molecule has 0 saturated heterocycles. The highest BCUT2D eigenvalue weighted by Crippen LogP contribution is 2.18. The summed E-state index contributed by atoms with van der Waals surface area (Å²) in [6.45, 7) is 4.55. The third-order valence-electron chi connectivity index (χ3n) is 4.10. The molecule has 3 aromatic rings. The van der Waals surface area contributed by atoms with E-state index in [1.165, 1.54) is 5.56 Å². The second-order valence-corrected chi connectivity index (χ2v) is 6.75. The van der Waals surface area contributed by atoms with Crippen LogP contribution in [0.5, 0.6) is 11.5 Å². The zero-order valence-corrected chi connectivity index (χ0v) is 16.2. The van der Waals surface area contributed by atoms with E-state index >= 15 is 0 Å². The second kappa shape index (κ2) is 9.60. The van der Waals surface area contributed by atoms with Gasteiger partial charge in [0.1, 0.15) is 11.5 Å². The first kappa shape index (κ1) is 19.5. The van der Waals surface area contributed by atoms with Crippen molar-refractivity contribution in [2.24, 2.45) is 0 Å². The van der Waals surface area contributed by atoms with Gasteiger partial charge in [-0.25, -0.2) is 0 Å². The molecule has 0 aromatic heterocycles. The summed E-state index contributed by atoms with van der Waals surface area (Å²) in [4.78, 5) is 12.4. The monoisotopic (exact) mass is 375 g/mol. The molecule has 0 heterocycles. The molecule has 0 spiro atoms. The van der Waals surface area contributed by atoms with Gasteiger partial charge in [-0.05, 0) is 67.9 Å². The zero-order valence-electron chi connectivity index (χ0n) is 16.2. The highest BCUT2D eigenvalue weighted by Gasteiger charge is 2.07. The summed E-state index contributed by atoms with van der Waals surface area (Å²) in [5, 5.41) is 2.89. The summed E-state index contributed by atoms with van der Waals surface area (Å²) < 4.78 is 11.4. The topological polar surface area (TPSA) is 47.6 Å². The van der Waals surface area contributed by atoms with Gasteiger partial charge in [0.25, 0.3) is 5.91 Å². The van der Waals surface area contributed by atoms with Gasteiger partial charge in [0.2, 0.25) is 0 Å². The van der Waals surface area contributed by atoms with Crippen LogP contribution in [0.15, 0.2) is 78.9 Å². The van der Waals surface area contributed by atoms with Crippen molar-refractivity contribution in [2.75, 3.05) is 11.9 Å². The predicted octanol–water partition coefficient (Wildman–Crippen LogP) is 5.35. The molecule has 1 N–H and O–H groups in total. The molecule has 0 radical (unpaired) electrons. The van der Waals surface area contributed by atoms with Gasteiger partial charge in [-0.3, -0.25) is 4.79 Å². The van der Waals surface area contributed by atoms with Crippen molar-refractivity contribution in [1.82, 2.24) is 0 Å². The van der Waals surface area contributed by atoms with Crippen LogP contribution in [0.4, 0.5) is 5.69 Å². The molecular formula is C24H25NO3. The fraction of sp³-hybridized carbons (Fsp3) is 0.208. The van der Waals surface area contributed by atoms with Gasteiger partial charge in [0.05, 0.1) is 12.7 Å². The van der Waals surface area contributed by atoms with Gasteiger partial charge in [-0.2, -0.15) is 0 Å². The number of nitrogens with one attached hydrogen (secondary N) is 1. The molecule has 0 fully saturated rings. The highest BCUT2D eigenvalue weighted by atomic mass is 16.5. The van der Waals surface area contributed by atoms with Gasteiger partial charge < -0.3 is 14.8 Å². The van der Waals surface area contributed by atoms with Crippen molar-refractivity contribution in [3.63, 3.8) is 0 Å². The molecule has 0 aliphatic rings. The molecule has 0 saturated carbocycles. The number of rotatable bonds is 8. The lowest BCUT2D eigenvalue weighted by Gasteiger charge is -2.11. The van der Waals surface area contributed by atoms with Crippen molar-refractivity contribution in [1.29, 1.82) is 0 Å². The Morgan fingerprint density at radius 3 is 2.14 bits per heavy atom. The van der Waals surface area contributed by atoms with Gasteiger partial charge in [-0.1, -0.05) is 30.3 Å². The van der Waals surface area contributed by atoms with Crippen LogP contribution < -0.4 is 14.8 Å². The van der Waals surface area contributed by atoms with Gasteiger partial charge in [0, 0.05) is 17.7 Å². The van der Waals surface area contributed by atoms with Crippen LogP contribution >= 0.6 is 0 Å². The molecule has 3 aromatic carbocycles. The van der Waals surface area contributed by atoms with Crippen LogP contribution in [0, 0.1) is 0 Å². The van der Waals surface area contributed by atoms with Crippen LogP contribution in [0.2, 0.25) is 0 Å². The maximum atomic E-state index is 12.4. The number of carbonyl (C=O) groups excluding carboxylic acids is 1. The van der Waals surface area contributed by atoms with Crippen LogP contribution in [-0.2, 0) is 6.42 Å². The minimum atomic E-state index is -0.158. The minimum absolute atomic E-state index is 0.105. The van der Waals surface area contributed by atoms with E-state index in [1.54, 1.807) is 24.3 Å². The molecule has 0 aliphatic carbocycles. The van der Waals surface area contributed by atoms with Gasteiger partial charge in [-0.15, -0.1) is 0 Å². The summed E-state index contributed by atoms with van der Waals surface area (Å²) in [7, 11) is 0. The summed E-state index contributed by atoms with van der Waals surface area (Å²) >= 11 is 0. The van der Waals surface area contributed by atoms with E-state index in [1.807, 2.05) is 56.3 Å². The van der Waals surface area contributed by atoms with Gasteiger partial charge in [0.15, 0.2) is 0 Å². The van der Waals surface area contributed by atoms with E-state index < -0.39 is 0 Å². The molecule has 0 atom stereocenters. The van der Waals surface area contributed by atoms with Crippen LogP contribution in [-0.4, -0.2) is 18.6 Å². The molecule has 1 amide bonds. The Labute approximate surface area is 166 Å². The molecule has 4 nitrogen and oxygen atoms in total. The molecular weight excluding hydrogens is 350 g/mol. The lowest BCUT2D eigenvalue weighted by Crippen LogP contribution is -2.12. The van der Waals surface area contributed by atoms with Crippen molar-refractivity contribution >= 4 is 11.6 Å². The molecule has 0 bridgehead atoms. The lowest BCUT2D eigenvalue weighted by atomic mass is 10.2. The predicted molar refractivity (Wildman–Crippen MR) is 112 cm³/mol. The summed E-state index contributed by atoms with van der Waals surface area (Å²) in [5.74, 6) is 1.38. The first-order valence-electron chi connectivity index (χ1n) is 9.45. The highest BCUT2D eigenvalue weighted by molar-refractivity contribution is 6.04. The van der Waals surface area contributed by atoms with Crippen molar-refractivity contribution in [3.8, 4) is 11.5 Å². The fourth-order valence-corrected chi connectivity index (χ4v) is 2.73. The zero-order chi connectivity index (χ0) is 19.8. The van der Waals surface area contributed by atoms with E-state index in [9.17, 15) is 4.79 Å². The van der Waals surface area contributed by atoms with Crippen molar-refractivity contribution in [3.05, 3.63) is 90.0 Å². The van der Waals surface area contributed by atoms with Crippen LogP contribution in [0.1, 0.15) is 29.8 Å². The number of ether oxygens (including phenoxy) is 2. The normalized spacial score (nSPS) is 10.5. The SMILES string of the molecule is CC(C)Oc1ccc(C(=O)Nc2ccc(OCCc3ccccc3)cc2)cc1. The van der Waals surface area contributed by atoms with Crippen molar-refractivity contribution < 1.29 is 14.3 Å². The third-order valence-corrected chi connectivity index (χ3v) is 4.10. The number of hydrogen-bond donors (Lipinski definition) is 1. The molecule has 0 unspecified atom stereocenters. The van der Waals surface area contributed by atoms with Crippen LogP contribution in [0.25, 0.3) is 0 Å². The quantitative estimate of drug-likeness (QED) is 0.577. The first-order chi connectivity index (χ1) is 13.6. The lowest BCUT2D eigenvalue weighted by molar-refractivity contribution is 0.102. The second-order valence-electron chi connectivity index (χ2n) is 6.75. The van der Waals surface area contributed by atoms with Crippen LogP contribution in [0.3, 0.4) is 0 Å². The molecule has 3 rings (SSSR count). The Kier molecular flexibility index (Phi) is 6.68. The Balaban J connectivity index is 1.50. The van der Waals surface area contributed by atoms with Gasteiger partial charge >= 0.3 is 0 Å². The average molecular weight is 375 g/mol. The summed E-state index contributed by atoms with van der Waals surface area (Å²) in [6, 6.07) is 24.8. The maximum absolute atomic E-state index is 12.4. The molecule has 28 heavy (non-hydrogen) atoms. The minimum Gasteiger partial charge on any atom is -0.493 e. The fourth-order valence-electron chi connectivity index (χ4n) is 2.73. The van der Waals surface area contributed by atoms with E-state index in [0.717, 1.165) is 23.6 Å². The Hall–Kier alpha value is -3.27. The number of benzene rings is 3. The molecule has 0 aliphatic heterocycles. The number of carbonyl (C=O) groups is 1. The Morgan fingerprint density at radius 2 is 1.50 bits per heavy atom. The standard InChI is InChI=1S/C24H25NO3/c1-18(2)28-23-12-8-20(9-13-23)24(26)25-21-10-14-22(15-11-21)27-17-16-19-6-4-3-5-7-19/h3-15,18H,16-17H2,1-2H3,(H,25,26). The number of hydrogen-bond acceptors (Lipinski definition) is 3. The largest absolute Gasteiger partial charge is 0.493 e. The number of anilines is 1. The van der Waals surface area contributed by atoms with E-state index in [2.05, 4.69) is 17.4 Å². The van der Waals surface area contributed by atoms with E-state index in [4.69, 9.17) is 9.47 Å². The maximum Gasteiger partial charge on any atom is 0.255 e. The molecule has 4 heteroatoms. The number of amides is 1. The smallest absolute Gasteiger partial charge is 0.255 e. The first-order valence-corrected chi connectivity index (χ1v) is 9.45. The summed E-state index contributed by atoms with van der Waals surface area (Å²) in [6.07, 6.45) is 0.962. The third kappa shape index (κ3) is 5.88. The average Bonchev–Trinajstić information content (AvgIpc) is 2.70. The molecule has 144 valence electrons. The van der Waals surface area contributed by atoms with E-state index in [0.29, 0.717) is 12.2 Å². The summed E-state index contributed by atoms with van der Waals surface area (Å²) in [5.41, 5.74) is 2.55. The Bertz CT molecular complexity index is 872. The van der Waals surface area contributed by atoms with Crippen molar-refractivity contribution in [2.45, 2.75) is 26.4 Å². The van der Waals surface area contributed by atoms with E-state index in [-0.39, 0.29) is 12.0 Å². The Morgan fingerprint density at radius 1 is 0.857 bits per heavy atom.